The summed E-state index contributed by atoms with van der Waals surface area (Å²) in [4.78, 5) is 29.0. The zero-order chi connectivity index (χ0) is 30.3. The molecule has 11 heteroatoms. The summed E-state index contributed by atoms with van der Waals surface area (Å²) in [5.74, 6) is -1.04. The molecule has 0 spiro atoms. The molecule has 8 nitrogen and oxygen atoms in total. The van der Waals surface area contributed by atoms with E-state index in [0.29, 0.717) is 17.7 Å². The molecule has 42 heavy (non-hydrogen) atoms. The topological polar surface area (TPSA) is 96.0 Å². The van der Waals surface area contributed by atoms with E-state index in [9.17, 15) is 22.4 Å². The molecule has 0 unspecified atom stereocenters. The van der Waals surface area contributed by atoms with Crippen molar-refractivity contribution in [1.82, 2.24) is 10.2 Å². The van der Waals surface area contributed by atoms with Crippen LogP contribution in [0.2, 0.25) is 5.02 Å². The van der Waals surface area contributed by atoms with Gasteiger partial charge in [-0.25, -0.2) is 12.8 Å². The molecule has 1 atom stereocenters. The molecule has 224 valence electrons. The Bertz CT molecular complexity index is 1500. The van der Waals surface area contributed by atoms with Gasteiger partial charge in [0.2, 0.25) is 11.8 Å². The molecule has 0 heterocycles. The number of carbonyl (C=O) groups excluding carboxylic acids is 2. The lowest BCUT2D eigenvalue weighted by atomic mass is 10.1. The van der Waals surface area contributed by atoms with E-state index < -0.39 is 34.3 Å². The standard InChI is InChI=1S/C31H35ClFN3O5S/c1-3-29(31(38)34-23-11-7-8-12-23)35(20-22-10-9-13-25(18-22)41-2)30(37)21-36(24-16-17-28(33)27(32)19-24)42(39,40)26-14-5-4-6-15-26/h4-6,9-10,13-19,23,29H,3,7-8,11-12,20-21H2,1-2H3,(H,34,38)/t29-/m0/s1. The first-order chi connectivity index (χ1) is 20.1. The van der Waals surface area contributed by atoms with E-state index in [1.807, 2.05) is 13.0 Å². The Balaban J connectivity index is 1.73. The third kappa shape index (κ3) is 7.41. The Labute approximate surface area is 251 Å². The molecule has 0 aromatic heterocycles. The van der Waals surface area contributed by atoms with Crippen LogP contribution in [0.5, 0.6) is 5.75 Å². The molecule has 1 saturated carbocycles. The third-order valence-corrected chi connectivity index (χ3v) is 9.45. The van der Waals surface area contributed by atoms with Crippen molar-refractivity contribution in [1.29, 1.82) is 0 Å². The van der Waals surface area contributed by atoms with Crippen LogP contribution < -0.4 is 14.4 Å². The second kappa shape index (κ2) is 14.0. The first kappa shape index (κ1) is 31.3. The van der Waals surface area contributed by atoms with E-state index in [0.717, 1.165) is 36.1 Å². The van der Waals surface area contributed by atoms with E-state index >= 15 is 0 Å². The lowest BCUT2D eigenvalue weighted by Crippen LogP contribution is -2.53. The first-order valence-corrected chi connectivity index (χ1v) is 15.7. The quantitative estimate of drug-likeness (QED) is 0.288. The molecule has 2 amide bonds. The summed E-state index contributed by atoms with van der Waals surface area (Å²) in [6.07, 6.45) is 4.12. The molecular formula is C31H35ClFN3O5S. The maximum Gasteiger partial charge on any atom is 0.264 e. The fourth-order valence-corrected chi connectivity index (χ4v) is 6.74. The Morgan fingerprint density at radius 2 is 1.76 bits per heavy atom. The van der Waals surface area contributed by atoms with Crippen molar-refractivity contribution in [3.05, 3.63) is 89.2 Å². The molecule has 1 aliphatic carbocycles. The van der Waals surface area contributed by atoms with E-state index in [1.165, 1.54) is 36.3 Å². The maximum atomic E-state index is 14.2. The second-order valence-corrected chi connectivity index (χ2v) is 12.5. The Morgan fingerprint density at radius 3 is 2.40 bits per heavy atom. The molecule has 3 aromatic carbocycles. The zero-order valence-electron chi connectivity index (χ0n) is 23.6. The van der Waals surface area contributed by atoms with Crippen LogP contribution in [0.3, 0.4) is 0 Å². The van der Waals surface area contributed by atoms with Crippen molar-refractivity contribution in [3.8, 4) is 5.75 Å². The highest BCUT2D eigenvalue weighted by Gasteiger charge is 2.34. The van der Waals surface area contributed by atoms with Gasteiger partial charge in [0.15, 0.2) is 0 Å². The number of hydrogen-bond acceptors (Lipinski definition) is 5. The molecule has 0 bridgehead atoms. The average Bonchev–Trinajstić information content (AvgIpc) is 3.50. The highest BCUT2D eigenvalue weighted by molar-refractivity contribution is 7.92. The van der Waals surface area contributed by atoms with Gasteiger partial charge in [-0.15, -0.1) is 0 Å². The van der Waals surface area contributed by atoms with Gasteiger partial charge in [0.25, 0.3) is 10.0 Å². The number of nitrogens with zero attached hydrogens (tertiary/aromatic N) is 2. The Hall–Kier alpha value is -3.63. The number of amides is 2. The summed E-state index contributed by atoms with van der Waals surface area (Å²) >= 11 is 6.03. The van der Waals surface area contributed by atoms with Gasteiger partial charge < -0.3 is 15.0 Å². The van der Waals surface area contributed by atoms with Crippen LogP contribution in [-0.2, 0) is 26.2 Å². The van der Waals surface area contributed by atoms with Crippen molar-refractivity contribution < 1.29 is 27.1 Å². The number of sulfonamides is 1. The van der Waals surface area contributed by atoms with Gasteiger partial charge in [0, 0.05) is 12.6 Å². The van der Waals surface area contributed by atoms with Crippen LogP contribution >= 0.6 is 11.6 Å². The number of ether oxygens (including phenoxy) is 1. The fraction of sp³-hybridized carbons (Fsp3) is 0.355. The van der Waals surface area contributed by atoms with Crippen LogP contribution in [0.15, 0.2) is 77.7 Å². The lowest BCUT2D eigenvalue weighted by Gasteiger charge is -2.34. The van der Waals surface area contributed by atoms with Crippen molar-refractivity contribution in [2.24, 2.45) is 0 Å². The number of benzene rings is 3. The van der Waals surface area contributed by atoms with E-state index in [-0.39, 0.29) is 34.1 Å². The highest BCUT2D eigenvalue weighted by Crippen LogP contribution is 2.29. The van der Waals surface area contributed by atoms with Gasteiger partial charge in [0.1, 0.15) is 24.2 Å². The van der Waals surface area contributed by atoms with Crippen LogP contribution in [-0.4, -0.2) is 50.9 Å². The number of anilines is 1. The van der Waals surface area contributed by atoms with Crippen LogP contribution in [0.25, 0.3) is 0 Å². The zero-order valence-corrected chi connectivity index (χ0v) is 25.2. The smallest absolute Gasteiger partial charge is 0.264 e. The average molecular weight is 616 g/mol. The van der Waals surface area contributed by atoms with Crippen molar-refractivity contribution >= 4 is 39.1 Å². The normalized spacial score (nSPS) is 14.3. The predicted molar refractivity (Wildman–Crippen MR) is 160 cm³/mol. The molecule has 1 fully saturated rings. The molecule has 0 aliphatic heterocycles. The SMILES string of the molecule is CC[C@@H](C(=O)NC1CCCC1)N(Cc1cccc(OC)c1)C(=O)CN(c1ccc(F)c(Cl)c1)S(=O)(=O)c1ccccc1. The number of halogens is 2. The van der Waals surface area contributed by atoms with Gasteiger partial charge in [-0.05, 0) is 67.3 Å². The summed E-state index contributed by atoms with van der Waals surface area (Å²) in [6, 6.07) is 17.4. The van der Waals surface area contributed by atoms with E-state index in [2.05, 4.69) is 5.32 Å². The fourth-order valence-electron chi connectivity index (χ4n) is 5.14. The van der Waals surface area contributed by atoms with E-state index in [4.69, 9.17) is 16.3 Å². The molecule has 1 aliphatic rings. The minimum atomic E-state index is -4.28. The summed E-state index contributed by atoms with van der Waals surface area (Å²) in [5, 5.41) is 2.79. The Morgan fingerprint density at radius 1 is 1.05 bits per heavy atom. The summed E-state index contributed by atoms with van der Waals surface area (Å²) in [7, 11) is -2.75. The molecule has 0 saturated heterocycles. The minimum absolute atomic E-state index is 0.0170. The second-order valence-electron chi connectivity index (χ2n) is 10.2. The molecule has 0 radical (unpaired) electrons. The van der Waals surface area contributed by atoms with E-state index in [1.54, 1.807) is 36.4 Å². The van der Waals surface area contributed by atoms with Gasteiger partial charge in [0.05, 0.1) is 22.7 Å². The third-order valence-electron chi connectivity index (χ3n) is 7.38. The first-order valence-electron chi connectivity index (χ1n) is 13.9. The molecule has 3 aromatic rings. The van der Waals surface area contributed by atoms with Crippen LogP contribution in [0.1, 0.15) is 44.6 Å². The lowest BCUT2D eigenvalue weighted by molar-refractivity contribution is -0.140. The number of carbonyl (C=O) groups is 2. The highest BCUT2D eigenvalue weighted by atomic mass is 35.5. The summed E-state index contributed by atoms with van der Waals surface area (Å²) in [6.45, 7) is 1.20. The van der Waals surface area contributed by atoms with Crippen molar-refractivity contribution in [3.63, 3.8) is 0 Å². The molecular weight excluding hydrogens is 581 g/mol. The van der Waals surface area contributed by atoms with Crippen LogP contribution in [0, 0.1) is 5.82 Å². The number of hydrogen-bond donors (Lipinski definition) is 1. The van der Waals surface area contributed by atoms with Gasteiger partial charge in [-0.3, -0.25) is 13.9 Å². The Kier molecular flexibility index (Phi) is 10.5. The van der Waals surface area contributed by atoms with Crippen LogP contribution in [0.4, 0.5) is 10.1 Å². The largest absolute Gasteiger partial charge is 0.497 e. The number of rotatable bonds is 12. The predicted octanol–water partition coefficient (Wildman–Crippen LogP) is 5.55. The summed E-state index contributed by atoms with van der Waals surface area (Å²) in [5.41, 5.74) is 0.723. The van der Waals surface area contributed by atoms with Crippen molar-refractivity contribution in [2.75, 3.05) is 18.0 Å². The van der Waals surface area contributed by atoms with Crippen molar-refractivity contribution in [2.45, 2.75) is 62.6 Å². The number of methoxy groups -OCH3 is 1. The van der Waals surface area contributed by atoms with Gasteiger partial charge >= 0.3 is 0 Å². The summed E-state index contributed by atoms with van der Waals surface area (Å²) < 4.78 is 48.0. The minimum Gasteiger partial charge on any atom is -0.497 e. The molecule has 4 rings (SSSR count). The maximum absolute atomic E-state index is 14.2. The van der Waals surface area contributed by atoms with Gasteiger partial charge in [-0.2, -0.15) is 0 Å². The number of nitrogens with one attached hydrogen (secondary N) is 1. The monoisotopic (exact) mass is 615 g/mol. The molecule has 1 N–H and O–H groups in total. The van der Waals surface area contributed by atoms with Gasteiger partial charge in [-0.1, -0.05) is 61.7 Å².